The van der Waals surface area contributed by atoms with Gasteiger partial charge in [-0.2, -0.15) is 10.2 Å². The molecule has 0 fully saturated rings. The molecule has 1 amide bonds. The molecule has 0 aliphatic rings. The topological polar surface area (TPSA) is 146 Å². The van der Waals surface area contributed by atoms with Gasteiger partial charge in [-0.05, 0) is 18.6 Å². The van der Waals surface area contributed by atoms with Gasteiger partial charge in [-0.3, -0.25) is 20.0 Å². The van der Waals surface area contributed by atoms with Gasteiger partial charge in [-0.15, -0.1) is 0 Å². The Morgan fingerprint density at radius 3 is 2.67 bits per heavy atom. The predicted molar refractivity (Wildman–Crippen MR) is 96.1 cm³/mol. The van der Waals surface area contributed by atoms with E-state index in [-0.39, 0.29) is 34.7 Å². The summed E-state index contributed by atoms with van der Waals surface area (Å²) in [4.78, 5) is 22.4. The average molecular weight is 374 g/mol. The first-order valence-electron chi connectivity index (χ1n) is 8.15. The molecular weight excluding hydrogens is 354 g/mol. The molecule has 0 atom stereocenters. The Kier molecular flexibility index (Phi) is 5.78. The van der Waals surface area contributed by atoms with Crippen molar-refractivity contribution in [3.05, 3.63) is 45.3 Å². The Bertz CT molecular complexity index is 882. The molecule has 10 heteroatoms. The summed E-state index contributed by atoms with van der Waals surface area (Å²) in [6.45, 7) is 7.73. The highest BCUT2D eigenvalue weighted by atomic mass is 16.6. The van der Waals surface area contributed by atoms with Gasteiger partial charge < -0.3 is 9.84 Å². The van der Waals surface area contributed by atoms with Gasteiger partial charge in [0.05, 0.1) is 23.8 Å². The van der Waals surface area contributed by atoms with Gasteiger partial charge >= 0.3 is 0 Å². The maximum atomic E-state index is 12.2. The van der Waals surface area contributed by atoms with Crippen molar-refractivity contribution in [2.24, 2.45) is 5.10 Å². The maximum absolute atomic E-state index is 12.2. The van der Waals surface area contributed by atoms with Crippen LogP contribution in [0.4, 0.5) is 5.69 Å². The molecular formula is C17H20N5O5-. The zero-order chi connectivity index (χ0) is 20.2. The third kappa shape index (κ3) is 4.81. The number of carbonyl (C=O) groups excluding carboxylic acids is 1. The number of carbonyl (C=O) groups is 1. The minimum Gasteiger partial charge on any atom is -0.870 e. The summed E-state index contributed by atoms with van der Waals surface area (Å²) in [5.41, 5.74) is 2.55. The van der Waals surface area contributed by atoms with E-state index in [0.717, 1.165) is 24.0 Å². The van der Waals surface area contributed by atoms with Crippen molar-refractivity contribution in [3.8, 4) is 11.5 Å². The van der Waals surface area contributed by atoms with Gasteiger partial charge in [0, 0.05) is 17.2 Å². The van der Waals surface area contributed by atoms with Crippen LogP contribution in [0.25, 0.3) is 0 Å². The summed E-state index contributed by atoms with van der Waals surface area (Å²) in [6.07, 6.45) is 1.03. The molecule has 0 spiro atoms. The fourth-order valence-electron chi connectivity index (χ4n) is 2.11. The van der Waals surface area contributed by atoms with Crippen LogP contribution in [-0.2, 0) is 5.41 Å². The number of nitro groups is 1. The van der Waals surface area contributed by atoms with Crippen LogP contribution >= 0.6 is 0 Å². The first-order chi connectivity index (χ1) is 12.6. The van der Waals surface area contributed by atoms with Crippen molar-refractivity contribution in [1.29, 1.82) is 0 Å². The summed E-state index contributed by atoms with van der Waals surface area (Å²) < 4.78 is 5.12. The number of aromatic nitrogens is 2. The molecule has 144 valence electrons. The number of benzene rings is 1. The van der Waals surface area contributed by atoms with Crippen molar-refractivity contribution in [2.45, 2.75) is 33.1 Å². The normalized spacial score (nSPS) is 11.6. The standard InChI is InChI=1S/C17H21N5O5/c1-5-27-13-7-11(22(25)26)6-10(15(13)23)9-18-21-16(24)12-8-14(20-19-12)17(2,3)4/h6-9,23H,5H2,1-4H3,(H,19,20)(H,21,24)/p-1/b18-9-. The lowest BCUT2D eigenvalue weighted by molar-refractivity contribution is -0.385. The third-order valence-corrected chi connectivity index (χ3v) is 3.57. The number of aromatic amines is 1. The molecule has 2 aromatic rings. The number of non-ortho nitro benzene ring substituents is 1. The predicted octanol–water partition coefficient (Wildman–Crippen LogP) is 1.85. The highest BCUT2D eigenvalue weighted by Crippen LogP contribution is 2.31. The third-order valence-electron chi connectivity index (χ3n) is 3.57. The number of H-pyrrole nitrogens is 1. The van der Waals surface area contributed by atoms with Crippen molar-refractivity contribution in [1.82, 2.24) is 15.6 Å². The van der Waals surface area contributed by atoms with Gasteiger partial charge in [0.15, 0.2) is 5.69 Å². The van der Waals surface area contributed by atoms with Crippen LogP contribution < -0.4 is 15.3 Å². The lowest BCUT2D eigenvalue weighted by Crippen LogP contribution is -2.18. The minimum atomic E-state index is -0.643. The van der Waals surface area contributed by atoms with Gasteiger partial charge in [0.25, 0.3) is 11.6 Å². The fourth-order valence-corrected chi connectivity index (χ4v) is 2.11. The first kappa shape index (κ1) is 19.9. The van der Waals surface area contributed by atoms with Crippen molar-refractivity contribution in [3.63, 3.8) is 0 Å². The van der Waals surface area contributed by atoms with E-state index in [1.807, 2.05) is 20.8 Å². The van der Waals surface area contributed by atoms with E-state index in [4.69, 9.17) is 4.74 Å². The van der Waals surface area contributed by atoms with Crippen LogP contribution in [0.3, 0.4) is 0 Å². The highest BCUT2D eigenvalue weighted by molar-refractivity contribution is 5.93. The number of hydrazone groups is 1. The lowest BCUT2D eigenvalue weighted by atomic mass is 9.92. The average Bonchev–Trinajstić information content (AvgIpc) is 3.08. The molecule has 2 rings (SSSR count). The Hall–Kier alpha value is -3.43. The van der Waals surface area contributed by atoms with E-state index in [9.17, 15) is 20.0 Å². The number of nitro benzene ring substituents is 1. The van der Waals surface area contributed by atoms with Crippen molar-refractivity contribution in [2.75, 3.05) is 6.61 Å². The molecule has 1 heterocycles. The zero-order valence-corrected chi connectivity index (χ0v) is 15.4. The summed E-state index contributed by atoms with van der Waals surface area (Å²) >= 11 is 0. The number of hydrogen-bond donors (Lipinski definition) is 2. The van der Waals surface area contributed by atoms with E-state index in [1.165, 1.54) is 0 Å². The van der Waals surface area contributed by atoms with Crippen LogP contribution in [-0.4, -0.2) is 33.8 Å². The van der Waals surface area contributed by atoms with Crippen molar-refractivity contribution < 1.29 is 19.6 Å². The van der Waals surface area contributed by atoms with Crippen LogP contribution in [0, 0.1) is 10.1 Å². The minimum absolute atomic E-state index is 0.0784. The second kappa shape index (κ2) is 7.85. The number of amides is 1. The molecule has 1 aromatic heterocycles. The molecule has 0 aliphatic carbocycles. The monoisotopic (exact) mass is 374 g/mol. The molecule has 0 saturated heterocycles. The summed E-state index contributed by atoms with van der Waals surface area (Å²) in [5, 5.41) is 33.6. The number of nitrogens with zero attached hydrogens (tertiary/aromatic N) is 3. The summed E-state index contributed by atoms with van der Waals surface area (Å²) in [6, 6.07) is 3.72. The van der Waals surface area contributed by atoms with E-state index in [1.54, 1.807) is 13.0 Å². The Labute approximate surface area is 155 Å². The molecule has 2 N–H and O–H groups in total. The molecule has 0 bridgehead atoms. The second-order valence-electron chi connectivity index (χ2n) is 6.67. The van der Waals surface area contributed by atoms with Crippen molar-refractivity contribution >= 4 is 17.8 Å². The first-order valence-corrected chi connectivity index (χ1v) is 8.15. The summed E-state index contributed by atoms with van der Waals surface area (Å²) in [7, 11) is 0. The molecule has 0 aliphatic heterocycles. The Morgan fingerprint density at radius 1 is 1.41 bits per heavy atom. The molecule has 0 radical (unpaired) electrons. The smallest absolute Gasteiger partial charge is 0.291 e. The van der Waals surface area contributed by atoms with E-state index in [0.29, 0.717) is 0 Å². The maximum Gasteiger partial charge on any atom is 0.291 e. The highest BCUT2D eigenvalue weighted by Gasteiger charge is 2.19. The Morgan fingerprint density at radius 2 is 2.11 bits per heavy atom. The molecule has 10 nitrogen and oxygen atoms in total. The van der Waals surface area contributed by atoms with Crippen LogP contribution in [0.1, 0.15) is 49.4 Å². The molecule has 1 aromatic carbocycles. The van der Waals surface area contributed by atoms with Gasteiger partial charge in [0.1, 0.15) is 5.75 Å². The Balaban J connectivity index is 2.19. The number of ether oxygens (including phenoxy) is 1. The van der Waals surface area contributed by atoms with Crippen LogP contribution in [0.2, 0.25) is 0 Å². The van der Waals surface area contributed by atoms with Crippen LogP contribution in [0.15, 0.2) is 23.3 Å². The fraction of sp³-hybridized carbons (Fsp3) is 0.353. The van der Waals surface area contributed by atoms with Gasteiger partial charge in [-0.1, -0.05) is 26.5 Å². The number of hydrogen-bond acceptors (Lipinski definition) is 7. The molecule has 0 saturated carbocycles. The van der Waals surface area contributed by atoms with E-state index >= 15 is 0 Å². The number of nitrogens with one attached hydrogen (secondary N) is 2. The quantitative estimate of drug-likeness (QED) is 0.448. The lowest BCUT2D eigenvalue weighted by Gasteiger charge is -2.16. The number of rotatable bonds is 6. The largest absolute Gasteiger partial charge is 0.870 e. The zero-order valence-electron chi connectivity index (χ0n) is 15.4. The van der Waals surface area contributed by atoms with Gasteiger partial charge in [0.2, 0.25) is 0 Å². The summed E-state index contributed by atoms with van der Waals surface area (Å²) in [5.74, 6) is -1.29. The molecule has 0 unspecified atom stereocenters. The molecule has 27 heavy (non-hydrogen) atoms. The van der Waals surface area contributed by atoms with Crippen LogP contribution in [0.5, 0.6) is 11.5 Å². The SMILES string of the molecule is CCOc1cc([N+](=O)[O-])cc(/C=N\NC(=O)c2cc(C(C)(C)C)[nH]n2)c1[O-]. The van der Waals surface area contributed by atoms with Gasteiger partial charge in [-0.25, -0.2) is 5.43 Å². The second-order valence-corrected chi connectivity index (χ2v) is 6.67. The van der Waals surface area contributed by atoms with E-state index < -0.39 is 16.6 Å². The van der Waals surface area contributed by atoms with E-state index in [2.05, 4.69) is 20.7 Å².